The molecule has 8 nitrogen and oxygen atoms in total. The van der Waals surface area contributed by atoms with Crippen molar-refractivity contribution in [2.24, 2.45) is 5.92 Å². The molecule has 3 amide bonds. The summed E-state index contributed by atoms with van der Waals surface area (Å²) in [6.07, 6.45) is 4.24. The van der Waals surface area contributed by atoms with Gasteiger partial charge in [-0.2, -0.15) is 0 Å². The van der Waals surface area contributed by atoms with Crippen LogP contribution in [-0.4, -0.2) is 50.7 Å². The number of unbranched alkanes of at least 4 members (excludes halogenated alkanes) is 2. The van der Waals surface area contributed by atoms with Crippen LogP contribution < -0.4 is 14.8 Å². The number of ether oxygens (including phenoxy) is 1. The summed E-state index contributed by atoms with van der Waals surface area (Å²) in [5.41, 5.74) is 0.640. The van der Waals surface area contributed by atoms with E-state index < -0.39 is 21.9 Å². The zero-order valence-electron chi connectivity index (χ0n) is 17.7. The third kappa shape index (κ3) is 7.46. The van der Waals surface area contributed by atoms with Gasteiger partial charge < -0.3 is 9.64 Å². The lowest BCUT2D eigenvalue weighted by molar-refractivity contribution is -0.121. The topological polar surface area (TPSA) is 105 Å². The molecular formula is C21H30FN3O5S. The lowest BCUT2D eigenvalue weighted by Gasteiger charge is -2.26. The van der Waals surface area contributed by atoms with Crippen LogP contribution in [0.2, 0.25) is 0 Å². The molecule has 0 bridgehead atoms. The Hall–Kier alpha value is -2.20. The summed E-state index contributed by atoms with van der Waals surface area (Å²) in [5, 5.41) is 2.27. The number of urea groups is 1. The summed E-state index contributed by atoms with van der Waals surface area (Å²) in [7, 11) is -3.51. The van der Waals surface area contributed by atoms with E-state index in [2.05, 4.69) is 10.0 Å². The van der Waals surface area contributed by atoms with Gasteiger partial charge in [-0.25, -0.2) is 22.3 Å². The molecule has 0 aromatic heterocycles. The number of hydrogen-bond acceptors (Lipinski definition) is 5. The summed E-state index contributed by atoms with van der Waals surface area (Å²) in [5.74, 6) is -0.111. The van der Waals surface area contributed by atoms with Gasteiger partial charge in [-0.3, -0.25) is 10.1 Å². The molecule has 0 radical (unpaired) electrons. The molecule has 2 fully saturated rings. The zero-order valence-corrected chi connectivity index (χ0v) is 18.5. The SMILES string of the molecule is C[C@@H](NS(=O)(=O)CCCCCN1CCC(=O)NC1=O)c1ccc(F)c(OCC2CC2)c1. The van der Waals surface area contributed by atoms with Crippen molar-refractivity contribution in [3.8, 4) is 5.75 Å². The maximum atomic E-state index is 14.0. The predicted octanol–water partition coefficient (Wildman–Crippen LogP) is 2.71. The number of carbonyl (C=O) groups excluding carboxylic acids is 2. The fraction of sp³-hybridized carbons (Fsp3) is 0.619. The minimum absolute atomic E-state index is 0.0335. The molecule has 1 atom stereocenters. The van der Waals surface area contributed by atoms with Crippen LogP contribution in [0.15, 0.2) is 18.2 Å². The van der Waals surface area contributed by atoms with Crippen LogP contribution in [0.3, 0.4) is 0 Å². The van der Waals surface area contributed by atoms with E-state index in [4.69, 9.17) is 4.74 Å². The Balaban J connectivity index is 1.40. The minimum atomic E-state index is -3.51. The summed E-state index contributed by atoms with van der Waals surface area (Å²) in [4.78, 5) is 24.4. The first kappa shape index (κ1) is 23.5. The van der Waals surface area contributed by atoms with Gasteiger partial charge in [-0.1, -0.05) is 12.5 Å². The third-order valence-electron chi connectivity index (χ3n) is 5.47. The van der Waals surface area contributed by atoms with Crippen molar-refractivity contribution in [2.45, 2.75) is 51.5 Å². The Bertz CT molecular complexity index is 904. The second kappa shape index (κ2) is 10.4. The fourth-order valence-electron chi connectivity index (χ4n) is 3.37. The largest absolute Gasteiger partial charge is 0.490 e. The van der Waals surface area contributed by atoms with Crippen molar-refractivity contribution in [1.29, 1.82) is 0 Å². The van der Waals surface area contributed by atoms with Crippen LogP contribution in [0.25, 0.3) is 0 Å². The number of halogens is 1. The van der Waals surface area contributed by atoms with E-state index in [-0.39, 0.29) is 23.4 Å². The van der Waals surface area contributed by atoms with Crippen LogP contribution in [0.5, 0.6) is 5.75 Å². The number of nitrogens with one attached hydrogen (secondary N) is 2. The number of nitrogens with zero attached hydrogens (tertiary/aromatic N) is 1. The minimum Gasteiger partial charge on any atom is -0.490 e. The van der Waals surface area contributed by atoms with E-state index in [1.54, 1.807) is 24.0 Å². The monoisotopic (exact) mass is 455 g/mol. The van der Waals surface area contributed by atoms with Gasteiger partial charge in [0.2, 0.25) is 15.9 Å². The van der Waals surface area contributed by atoms with Crippen LogP contribution in [0.4, 0.5) is 9.18 Å². The number of amides is 3. The molecule has 1 aromatic carbocycles. The highest BCUT2D eigenvalue weighted by molar-refractivity contribution is 7.89. The van der Waals surface area contributed by atoms with E-state index in [1.165, 1.54) is 6.07 Å². The molecule has 3 rings (SSSR count). The number of imide groups is 1. The molecule has 0 spiro atoms. The quantitative estimate of drug-likeness (QED) is 0.472. The molecule has 1 heterocycles. The number of benzene rings is 1. The average molecular weight is 456 g/mol. The Kier molecular flexibility index (Phi) is 7.88. The Morgan fingerprint density at radius 1 is 1.26 bits per heavy atom. The summed E-state index contributed by atoms with van der Waals surface area (Å²) < 4.78 is 46.9. The Morgan fingerprint density at radius 3 is 2.74 bits per heavy atom. The first-order chi connectivity index (χ1) is 14.7. The highest BCUT2D eigenvalue weighted by Gasteiger charge is 2.24. The first-order valence-corrected chi connectivity index (χ1v) is 12.4. The van der Waals surface area contributed by atoms with E-state index in [9.17, 15) is 22.4 Å². The highest BCUT2D eigenvalue weighted by Crippen LogP contribution is 2.31. The molecule has 172 valence electrons. The van der Waals surface area contributed by atoms with Gasteiger partial charge in [0.15, 0.2) is 11.6 Å². The number of rotatable bonds is 12. The lowest BCUT2D eigenvalue weighted by Crippen LogP contribution is -2.49. The van der Waals surface area contributed by atoms with Gasteiger partial charge in [0.1, 0.15) is 0 Å². The van der Waals surface area contributed by atoms with E-state index in [0.717, 1.165) is 12.8 Å². The molecule has 1 saturated heterocycles. The summed E-state index contributed by atoms with van der Waals surface area (Å²) in [6.45, 7) is 3.08. The number of carbonyl (C=O) groups is 2. The number of sulfonamides is 1. The molecule has 1 aromatic rings. The standard InChI is InChI=1S/C21H30FN3O5S/c1-15(17-7-8-18(22)19(13-17)30-14-16-5-6-16)24-31(28,29)12-4-2-3-10-25-11-9-20(26)23-21(25)27/h7-8,13,15-16,24H,2-6,9-12,14H2,1H3,(H,23,26,27)/t15-/m1/s1. The van der Waals surface area contributed by atoms with Gasteiger partial charge >= 0.3 is 6.03 Å². The molecular weight excluding hydrogens is 425 g/mol. The van der Waals surface area contributed by atoms with E-state index >= 15 is 0 Å². The summed E-state index contributed by atoms with van der Waals surface area (Å²) >= 11 is 0. The maximum absolute atomic E-state index is 14.0. The lowest BCUT2D eigenvalue weighted by atomic mass is 10.1. The molecule has 2 aliphatic rings. The van der Waals surface area contributed by atoms with Gasteiger partial charge in [-0.15, -0.1) is 0 Å². The van der Waals surface area contributed by atoms with Gasteiger partial charge in [-0.05, 0) is 56.2 Å². The van der Waals surface area contributed by atoms with Crippen LogP contribution in [0.1, 0.15) is 57.1 Å². The van der Waals surface area contributed by atoms with E-state index in [0.29, 0.717) is 56.9 Å². The van der Waals surface area contributed by atoms with Crippen molar-refractivity contribution in [3.63, 3.8) is 0 Å². The average Bonchev–Trinajstić information content (AvgIpc) is 3.52. The second-order valence-corrected chi connectivity index (χ2v) is 10.1. The van der Waals surface area contributed by atoms with Gasteiger partial charge in [0.25, 0.3) is 0 Å². The molecule has 1 aliphatic heterocycles. The van der Waals surface area contributed by atoms with Crippen LogP contribution in [-0.2, 0) is 14.8 Å². The highest BCUT2D eigenvalue weighted by atomic mass is 32.2. The van der Waals surface area contributed by atoms with E-state index in [1.807, 2.05) is 0 Å². The normalized spacial score (nSPS) is 18.1. The van der Waals surface area contributed by atoms with Crippen molar-refractivity contribution in [1.82, 2.24) is 14.9 Å². The van der Waals surface area contributed by atoms with Crippen molar-refractivity contribution >= 4 is 22.0 Å². The second-order valence-electron chi connectivity index (χ2n) is 8.25. The van der Waals surface area contributed by atoms with Crippen LogP contribution in [0, 0.1) is 11.7 Å². The number of hydrogen-bond donors (Lipinski definition) is 2. The van der Waals surface area contributed by atoms with Crippen molar-refractivity contribution in [2.75, 3.05) is 25.4 Å². The van der Waals surface area contributed by atoms with Gasteiger partial charge in [0.05, 0.1) is 12.4 Å². The molecule has 1 aliphatic carbocycles. The predicted molar refractivity (Wildman–Crippen MR) is 114 cm³/mol. The van der Waals surface area contributed by atoms with Crippen molar-refractivity contribution < 1.29 is 27.1 Å². The third-order valence-corrected chi connectivity index (χ3v) is 7.01. The van der Waals surface area contributed by atoms with Crippen molar-refractivity contribution in [3.05, 3.63) is 29.6 Å². The molecule has 2 N–H and O–H groups in total. The summed E-state index contributed by atoms with van der Waals surface area (Å²) in [6, 6.07) is 3.51. The molecule has 31 heavy (non-hydrogen) atoms. The Morgan fingerprint density at radius 2 is 2.03 bits per heavy atom. The molecule has 10 heteroatoms. The molecule has 0 unspecified atom stereocenters. The maximum Gasteiger partial charge on any atom is 0.324 e. The molecule has 1 saturated carbocycles. The van der Waals surface area contributed by atoms with Crippen LogP contribution >= 0.6 is 0 Å². The fourth-order valence-corrected chi connectivity index (χ4v) is 4.75. The Labute approximate surface area is 182 Å². The smallest absolute Gasteiger partial charge is 0.324 e. The zero-order chi connectivity index (χ0) is 22.4. The van der Waals surface area contributed by atoms with Gasteiger partial charge in [0, 0.05) is 25.6 Å². The first-order valence-electron chi connectivity index (χ1n) is 10.7.